The number of hydrogen-bond acceptors (Lipinski definition) is 9. The fourth-order valence-corrected chi connectivity index (χ4v) is 5.07. The molecule has 0 aliphatic carbocycles. The monoisotopic (exact) mass is 513 g/mol. The molecule has 6 rings (SSSR count). The fraction of sp³-hybridized carbons (Fsp3) is 0.370. The summed E-state index contributed by atoms with van der Waals surface area (Å²) in [6, 6.07) is 5.93. The van der Waals surface area contributed by atoms with Crippen molar-refractivity contribution in [1.82, 2.24) is 34.9 Å². The number of fused-ring (bicyclic) bond motifs is 2. The zero-order chi connectivity index (χ0) is 26.2. The average Bonchev–Trinajstić information content (AvgIpc) is 3.43. The molecule has 2 aliphatic rings. The van der Waals surface area contributed by atoms with Gasteiger partial charge in [0.1, 0.15) is 17.1 Å². The number of nitrogens with one attached hydrogen (secondary N) is 1. The molecule has 0 unspecified atom stereocenters. The number of aromatic nitrogens is 5. The van der Waals surface area contributed by atoms with E-state index in [2.05, 4.69) is 43.5 Å². The standard InChI is InChI=1S/C27H31N9O2/c1-4-22(37)34-13-15-35(16-14-34)25-19-7-8-28-26(38-24-18(2)5-6-21-20(24)17-29-32-21)23(19)30-27(31-25)36-11-9-33(3)10-12-36/h4-8,17H,1,9-16H2,2-3H3,(H,29,32). The van der Waals surface area contributed by atoms with Crippen molar-refractivity contribution in [2.45, 2.75) is 6.92 Å². The maximum atomic E-state index is 12.2. The predicted molar refractivity (Wildman–Crippen MR) is 147 cm³/mol. The lowest BCUT2D eigenvalue weighted by Gasteiger charge is -2.36. The quantitative estimate of drug-likeness (QED) is 0.403. The van der Waals surface area contributed by atoms with Gasteiger partial charge in [0.2, 0.25) is 17.7 Å². The third-order valence-corrected chi connectivity index (χ3v) is 7.37. The van der Waals surface area contributed by atoms with Crippen LogP contribution in [-0.2, 0) is 4.79 Å². The van der Waals surface area contributed by atoms with E-state index in [-0.39, 0.29) is 5.91 Å². The summed E-state index contributed by atoms with van der Waals surface area (Å²) in [4.78, 5) is 35.4. The summed E-state index contributed by atoms with van der Waals surface area (Å²) in [5, 5.41) is 8.95. The molecule has 0 saturated carbocycles. The molecular weight excluding hydrogens is 482 g/mol. The third kappa shape index (κ3) is 4.38. The SMILES string of the molecule is C=CC(=O)N1CCN(c2nc(N3CCN(C)CC3)nc3c(Oc4c(C)ccc5[nH]ncc45)nccc23)CC1. The van der Waals surface area contributed by atoms with Crippen molar-refractivity contribution in [3.05, 3.63) is 48.8 Å². The molecule has 0 atom stereocenters. The number of likely N-dealkylation sites (N-methyl/N-ethyl adjacent to an activating group) is 1. The van der Waals surface area contributed by atoms with Gasteiger partial charge < -0.3 is 24.3 Å². The van der Waals surface area contributed by atoms with Crippen LogP contribution < -0.4 is 14.5 Å². The molecule has 1 N–H and O–H groups in total. The predicted octanol–water partition coefficient (Wildman–Crippen LogP) is 2.59. The highest BCUT2D eigenvalue weighted by molar-refractivity contribution is 5.94. The zero-order valence-corrected chi connectivity index (χ0v) is 21.7. The van der Waals surface area contributed by atoms with Gasteiger partial charge >= 0.3 is 0 Å². The maximum Gasteiger partial charge on any atom is 0.246 e. The van der Waals surface area contributed by atoms with E-state index in [0.29, 0.717) is 49.3 Å². The summed E-state index contributed by atoms with van der Waals surface area (Å²) in [5.41, 5.74) is 2.54. The number of anilines is 2. The van der Waals surface area contributed by atoms with Crippen molar-refractivity contribution >= 4 is 39.5 Å². The second-order valence-electron chi connectivity index (χ2n) is 9.81. The van der Waals surface area contributed by atoms with E-state index in [1.54, 1.807) is 12.4 Å². The molecule has 5 heterocycles. The van der Waals surface area contributed by atoms with Crippen LogP contribution in [0.5, 0.6) is 11.6 Å². The number of carbonyl (C=O) groups is 1. The number of pyridine rings is 1. The molecule has 4 aromatic rings. The van der Waals surface area contributed by atoms with Gasteiger partial charge in [0, 0.05) is 58.6 Å². The van der Waals surface area contributed by atoms with E-state index in [4.69, 9.17) is 14.7 Å². The van der Waals surface area contributed by atoms with Crippen LogP contribution in [0.4, 0.5) is 11.8 Å². The number of benzene rings is 1. The van der Waals surface area contributed by atoms with E-state index in [1.807, 2.05) is 30.0 Å². The van der Waals surface area contributed by atoms with Crippen LogP contribution >= 0.6 is 0 Å². The van der Waals surface area contributed by atoms with Crippen LogP contribution in [-0.4, -0.2) is 100 Å². The van der Waals surface area contributed by atoms with E-state index >= 15 is 0 Å². The molecule has 1 aromatic carbocycles. The topological polar surface area (TPSA) is 107 Å². The van der Waals surface area contributed by atoms with Crippen LogP contribution in [0.25, 0.3) is 21.8 Å². The number of aromatic amines is 1. The second kappa shape index (κ2) is 9.90. The van der Waals surface area contributed by atoms with Gasteiger partial charge in [-0.3, -0.25) is 9.89 Å². The summed E-state index contributed by atoms with van der Waals surface area (Å²) >= 11 is 0. The summed E-state index contributed by atoms with van der Waals surface area (Å²) in [6.07, 6.45) is 4.88. The Morgan fingerprint density at radius 3 is 2.53 bits per heavy atom. The lowest BCUT2D eigenvalue weighted by atomic mass is 10.1. The van der Waals surface area contributed by atoms with Crippen molar-refractivity contribution in [3.8, 4) is 11.6 Å². The average molecular weight is 514 g/mol. The summed E-state index contributed by atoms with van der Waals surface area (Å²) in [5.74, 6) is 2.59. The molecule has 11 nitrogen and oxygen atoms in total. The maximum absolute atomic E-state index is 12.2. The molecular formula is C27H31N9O2. The lowest BCUT2D eigenvalue weighted by molar-refractivity contribution is -0.126. The largest absolute Gasteiger partial charge is 0.436 e. The molecule has 2 saturated heterocycles. The Morgan fingerprint density at radius 2 is 1.76 bits per heavy atom. The Morgan fingerprint density at radius 1 is 1.00 bits per heavy atom. The molecule has 196 valence electrons. The van der Waals surface area contributed by atoms with Crippen molar-refractivity contribution in [3.63, 3.8) is 0 Å². The number of H-pyrrole nitrogens is 1. The first-order chi connectivity index (χ1) is 18.5. The molecule has 0 bridgehead atoms. The Bertz CT molecular complexity index is 1500. The fourth-order valence-electron chi connectivity index (χ4n) is 5.07. The Balaban J connectivity index is 1.43. The van der Waals surface area contributed by atoms with Gasteiger partial charge in [-0.05, 0) is 37.7 Å². The van der Waals surface area contributed by atoms with Gasteiger partial charge in [0.05, 0.1) is 22.5 Å². The molecule has 1 amide bonds. The minimum absolute atomic E-state index is 0.0426. The third-order valence-electron chi connectivity index (χ3n) is 7.37. The van der Waals surface area contributed by atoms with Crippen LogP contribution in [0.1, 0.15) is 5.56 Å². The molecule has 0 radical (unpaired) electrons. The number of rotatable bonds is 5. The highest BCUT2D eigenvalue weighted by Gasteiger charge is 2.26. The number of aryl methyl sites for hydroxylation is 1. The minimum Gasteiger partial charge on any atom is -0.436 e. The van der Waals surface area contributed by atoms with Crippen molar-refractivity contribution < 1.29 is 9.53 Å². The highest BCUT2D eigenvalue weighted by Crippen LogP contribution is 2.37. The number of carbonyl (C=O) groups excluding carboxylic acids is 1. The highest BCUT2D eigenvalue weighted by atomic mass is 16.5. The first-order valence-electron chi connectivity index (χ1n) is 12.9. The molecule has 2 aliphatic heterocycles. The van der Waals surface area contributed by atoms with E-state index in [0.717, 1.165) is 53.8 Å². The van der Waals surface area contributed by atoms with Gasteiger partial charge in [-0.25, -0.2) is 9.97 Å². The number of amides is 1. The van der Waals surface area contributed by atoms with Crippen molar-refractivity contribution in [2.24, 2.45) is 0 Å². The first-order valence-corrected chi connectivity index (χ1v) is 12.9. The molecule has 11 heteroatoms. The minimum atomic E-state index is -0.0426. The summed E-state index contributed by atoms with van der Waals surface area (Å²) in [7, 11) is 2.13. The van der Waals surface area contributed by atoms with Gasteiger partial charge in [-0.15, -0.1) is 0 Å². The van der Waals surface area contributed by atoms with Crippen LogP contribution in [0, 0.1) is 6.92 Å². The smallest absolute Gasteiger partial charge is 0.246 e. The Kier molecular flexibility index (Phi) is 6.28. The number of nitrogens with zero attached hydrogens (tertiary/aromatic N) is 8. The number of ether oxygens (including phenoxy) is 1. The summed E-state index contributed by atoms with van der Waals surface area (Å²) in [6.45, 7) is 11.7. The van der Waals surface area contributed by atoms with E-state index < -0.39 is 0 Å². The van der Waals surface area contributed by atoms with Crippen LogP contribution in [0.15, 0.2) is 43.2 Å². The molecule has 3 aromatic heterocycles. The van der Waals surface area contributed by atoms with E-state index in [9.17, 15) is 4.79 Å². The Hall–Kier alpha value is -4.25. The lowest BCUT2D eigenvalue weighted by Crippen LogP contribution is -2.49. The van der Waals surface area contributed by atoms with Crippen LogP contribution in [0.3, 0.4) is 0 Å². The van der Waals surface area contributed by atoms with E-state index in [1.165, 1.54) is 6.08 Å². The van der Waals surface area contributed by atoms with Crippen molar-refractivity contribution in [1.29, 1.82) is 0 Å². The second-order valence-corrected chi connectivity index (χ2v) is 9.81. The molecule has 2 fully saturated rings. The molecule has 38 heavy (non-hydrogen) atoms. The summed E-state index contributed by atoms with van der Waals surface area (Å²) < 4.78 is 6.49. The first kappa shape index (κ1) is 24.1. The van der Waals surface area contributed by atoms with Crippen LogP contribution in [0.2, 0.25) is 0 Å². The molecule has 0 spiro atoms. The van der Waals surface area contributed by atoms with Gasteiger partial charge in [0.25, 0.3) is 0 Å². The number of hydrogen-bond donors (Lipinski definition) is 1. The van der Waals surface area contributed by atoms with Crippen molar-refractivity contribution in [2.75, 3.05) is 69.2 Å². The number of piperazine rings is 2. The Labute approximate surface area is 220 Å². The van der Waals surface area contributed by atoms with Gasteiger partial charge in [-0.2, -0.15) is 10.1 Å². The van der Waals surface area contributed by atoms with Gasteiger partial charge in [0.15, 0.2) is 0 Å². The zero-order valence-electron chi connectivity index (χ0n) is 21.7. The normalized spacial score (nSPS) is 16.8. The van der Waals surface area contributed by atoms with Gasteiger partial charge in [-0.1, -0.05) is 12.6 Å².